The maximum Gasteiger partial charge on any atom is 0.264 e. The van der Waals surface area contributed by atoms with E-state index in [-0.39, 0.29) is 35.0 Å². The Bertz CT molecular complexity index is 1410. The number of aromatic amines is 1. The highest BCUT2D eigenvalue weighted by Gasteiger charge is 2.33. The quantitative estimate of drug-likeness (QED) is 0.422. The summed E-state index contributed by atoms with van der Waals surface area (Å²) in [5, 5.41) is 11.1. The molecule has 1 aliphatic heterocycles. The van der Waals surface area contributed by atoms with Gasteiger partial charge in [0, 0.05) is 29.2 Å². The van der Waals surface area contributed by atoms with Crippen molar-refractivity contribution in [3.8, 4) is 11.6 Å². The number of benzene rings is 1. The summed E-state index contributed by atoms with van der Waals surface area (Å²) in [7, 11) is 0. The smallest absolute Gasteiger partial charge is 0.264 e. The number of pyridine rings is 1. The molecule has 2 atom stereocenters. The largest absolute Gasteiger partial charge is 0.417 e. The van der Waals surface area contributed by atoms with E-state index in [4.69, 9.17) is 10.2 Å². The number of aryl methyl sites for hydroxylation is 1. The second-order valence-electron chi connectivity index (χ2n) is 9.12. The molecule has 1 fully saturated rings. The third-order valence-corrected chi connectivity index (χ3v) is 7.15. The van der Waals surface area contributed by atoms with Crippen molar-refractivity contribution in [2.45, 2.75) is 44.7 Å². The lowest BCUT2D eigenvalue weighted by molar-refractivity contribution is 0.0735. The van der Waals surface area contributed by atoms with E-state index in [2.05, 4.69) is 20.2 Å². The van der Waals surface area contributed by atoms with Gasteiger partial charge in [-0.1, -0.05) is 30.3 Å². The van der Waals surface area contributed by atoms with Crippen LogP contribution < -0.4 is 11.3 Å². The highest BCUT2D eigenvalue weighted by Crippen LogP contribution is 2.35. The summed E-state index contributed by atoms with van der Waals surface area (Å²) in [6.45, 7) is 4.36. The van der Waals surface area contributed by atoms with Crippen LogP contribution in [0.3, 0.4) is 0 Å². The van der Waals surface area contributed by atoms with Gasteiger partial charge in [-0.25, -0.2) is 4.98 Å². The molecule has 180 valence electrons. The minimum absolute atomic E-state index is 0.0881. The van der Waals surface area contributed by atoms with Crippen LogP contribution in [0.5, 0.6) is 0 Å². The monoisotopic (exact) mass is 490 g/mol. The highest BCUT2D eigenvalue weighted by molar-refractivity contribution is 7.09. The van der Waals surface area contributed by atoms with E-state index in [0.717, 1.165) is 29.1 Å². The second-order valence-corrected chi connectivity index (χ2v) is 10.0. The normalized spacial score (nSPS) is 17.5. The molecule has 0 spiro atoms. The molecule has 4 heterocycles. The maximum absolute atomic E-state index is 13.4. The number of carbonyl (C=O) groups is 1. The van der Waals surface area contributed by atoms with Crippen LogP contribution in [0.4, 0.5) is 0 Å². The molecule has 0 bridgehead atoms. The Morgan fingerprint density at radius 1 is 1.29 bits per heavy atom. The maximum atomic E-state index is 13.4. The van der Waals surface area contributed by atoms with Crippen molar-refractivity contribution >= 4 is 17.2 Å². The lowest BCUT2D eigenvalue weighted by Gasteiger charge is -2.23. The number of aromatic nitrogens is 4. The highest BCUT2D eigenvalue weighted by atomic mass is 32.1. The fraction of sp³-hybridized carbons (Fsp3) is 0.320. The molecule has 3 N–H and O–H groups in total. The Morgan fingerprint density at radius 2 is 2.09 bits per heavy atom. The predicted molar refractivity (Wildman–Crippen MR) is 132 cm³/mol. The third-order valence-electron chi connectivity index (χ3n) is 6.08. The number of thiazole rings is 1. The van der Waals surface area contributed by atoms with Crippen LogP contribution in [0.15, 0.2) is 57.1 Å². The molecule has 10 heteroatoms. The molecule has 0 radical (unpaired) electrons. The van der Waals surface area contributed by atoms with E-state index in [1.54, 1.807) is 22.3 Å². The first-order chi connectivity index (χ1) is 16.8. The first-order valence-corrected chi connectivity index (χ1v) is 12.3. The topological polar surface area (TPSA) is 131 Å². The van der Waals surface area contributed by atoms with Gasteiger partial charge in [0.05, 0.1) is 11.6 Å². The molecule has 1 saturated heterocycles. The van der Waals surface area contributed by atoms with Gasteiger partial charge in [0.25, 0.3) is 11.8 Å². The standard InChI is InChI=1S/C25H26N6O3S/c1-15-14-35-22(27-15)19-9-6-10-31(19)23(33)17-11-18(28-20(32)12-17)21-29-30-24(34-21)25(2,26)13-16-7-4-3-5-8-16/h3-5,7-8,11-12,14,19H,6,9-10,13,26H2,1-2H3,(H,28,32). The predicted octanol–water partition coefficient (Wildman–Crippen LogP) is 3.58. The van der Waals surface area contributed by atoms with Gasteiger partial charge >= 0.3 is 0 Å². The molecule has 3 aromatic heterocycles. The molecule has 4 aromatic rings. The Hall–Kier alpha value is -3.63. The van der Waals surface area contributed by atoms with Gasteiger partial charge in [0.2, 0.25) is 11.4 Å². The van der Waals surface area contributed by atoms with Crippen LogP contribution in [0.25, 0.3) is 11.6 Å². The molecule has 9 nitrogen and oxygen atoms in total. The summed E-state index contributed by atoms with van der Waals surface area (Å²) in [5.41, 5.74) is 7.67. The van der Waals surface area contributed by atoms with Crippen molar-refractivity contribution < 1.29 is 9.21 Å². The SMILES string of the molecule is Cc1csc(C2CCCN2C(=O)c2cc(-c3nnc(C(C)(N)Cc4ccccc4)o3)[nH]c(=O)c2)n1. The average Bonchev–Trinajstić information content (AvgIpc) is 3.59. The summed E-state index contributed by atoms with van der Waals surface area (Å²) in [4.78, 5) is 34.9. The molecular formula is C25H26N6O3S. The molecular weight excluding hydrogens is 464 g/mol. The first kappa shape index (κ1) is 23.1. The Labute approximate surface area is 206 Å². The van der Waals surface area contributed by atoms with Gasteiger partial charge in [-0.2, -0.15) is 0 Å². The van der Waals surface area contributed by atoms with E-state index in [1.807, 2.05) is 49.6 Å². The number of nitrogens with one attached hydrogen (secondary N) is 1. The molecule has 0 saturated carbocycles. The lowest BCUT2D eigenvalue weighted by atomic mass is 9.94. The van der Waals surface area contributed by atoms with Crippen molar-refractivity contribution in [1.29, 1.82) is 0 Å². The summed E-state index contributed by atoms with van der Waals surface area (Å²) in [6.07, 6.45) is 2.23. The van der Waals surface area contributed by atoms with Gasteiger partial charge in [0.1, 0.15) is 10.7 Å². The van der Waals surface area contributed by atoms with Gasteiger partial charge in [0.15, 0.2) is 0 Å². The minimum atomic E-state index is -0.908. The zero-order chi connectivity index (χ0) is 24.6. The van der Waals surface area contributed by atoms with E-state index in [9.17, 15) is 9.59 Å². The van der Waals surface area contributed by atoms with Crippen LogP contribution in [0.1, 0.15) is 58.3 Å². The first-order valence-electron chi connectivity index (χ1n) is 11.4. The number of rotatable bonds is 6. The number of nitrogens with two attached hydrogens (primary N) is 1. The minimum Gasteiger partial charge on any atom is -0.417 e. The Balaban J connectivity index is 1.41. The van der Waals surface area contributed by atoms with E-state index in [1.165, 1.54) is 6.07 Å². The van der Waals surface area contributed by atoms with Gasteiger partial charge in [-0.05, 0) is 44.7 Å². The van der Waals surface area contributed by atoms with Gasteiger partial charge in [-0.15, -0.1) is 21.5 Å². The average molecular weight is 491 g/mol. The van der Waals surface area contributed by atoms with Gasteiger partial charge in [-0.3, -0.25) is 9.59 Å². The number of nitrogens with zero attached hydrogens (tertiary/aromatic N) is 4. The number of hydrogen-bond donors (Lipinski definition) is 2. The summed E-state index contributed by atoms with van der Waals surface area (Å²) < 4.78 is 5.86. The molecule has 0 aliphatic carbocycles. The van der Waals surface area contributed by atoms with Crippen molar-refractivity contribution in [1.82, 2.24) is 25.1 Å². The van der Waals surface area contributed by atoms with Crippen LogP contribution in [-0.2, 0) is 12.0 Å². The third kappa shape index (κ3) is 4.80. The Morgan fingerprint density at radius 3 is 2.83 bits per heavy atom. The van der Waals surface area contributed by atoms with Crippen LogP contribution in [0, 0.1) is 6.92 Å². The lowest BCUT2D eigenvalue weighted by Crippen LogP contribution is -2.35. The molecule has 1 aliphatic rings. The van der Waals surface area contributed by atoms with Crippen molar-refractivity contribution in [3.05, 3.63) is 85.9 Å². The van der Waals surface area contributed by atoms with Gasteiger partial charge < -0.3 is 20.0 Å². The van der Waals surface area contributed by atoms with Crippen molar-refractivity contribution in [2.75, 3.05) is 6.54 Å². The van der Waals surface area contributed by atoms with Crippen LogP contribution in [0.2, 0.25) is 0 Å². The number of likely N-dealkylation sites (tertiary alicyclic amines) is 1. The number of H-pyrrole nitrogens is 1. The van der Waals surface area contributed by atoms with Crippen molar-refractivity contribution in [3.63, 3.8) is 0 Å². The summed E-state index contributed by atoms with van der Waals surface area (Å²) in [6, 6.07) is 12.6. The number of amides is 1. The zero-order valence-electron chi connectivity index (χ0n) is 19.5. The number of carbonyl (C=O) groups excluding carboxylic acids is 1. The van der Waals surface area contributed by atoms with E-state index < -0.39 is 11.1 Å². The fourth-order valence-electron chi connectivity index (χ4n) is 4.40. The summed E-state index contributed by atoms with van der Waals surface area (Å²) >= 11 is 1.55. The zero-order valence-corrected chi connectivity index (χ0v) is 20.3. The number of hydrogen-bond acceptors (Lipinski definition) is 8. The summed E-state index contributed by atoms with van der Waals surface area (Å²) in [5.74, 6) is 0.123. The molecule has 1 amide bonds. The molecule has 2 unspecified atom stereocenters. The fourth-order valence-corrected chi connectivity index (χ4v) is 5.34. The van der Waals surface area contributed by atoms with E-state index >= 15 is 0 Å². The second kappa shape index (κ2) is 9.20. The molecule has 5 rings (SSSR count). The van der Waals surface area contributed by atoms with Crippen LogP contribution >= 0.6 is 11.3 Å². The van der Waals surface area contributed by atoms with Crippen LogP contribution in [-0.4, -0.2) is 37.5 Å². The Kier molecular flexibility index (Phi) is 6.08. The van der Waals surface area contributed by atoms with E-state index in [0.29, 0.717) is 13.0 Å². The molecule has 1 aromatic carbocycles. The van der Waals surface area contributed by atoms with Crippen molar-refractivity contribution in [2.24, 2.45) is 5.73 Å². The molecule has 35 heavy (non-hydrogen) atoms.